The third-order valence-corrected chi connectivity index (χ3v) is 7.34. The molecule has 1 aliphatic heterocycles. The van der Waals surface area contributed by atoms with Crippen LogP contribution in [0, 0.1) is 11.8 Å². The fourth-order valence-electron chi connectivity index (χ4n) is 5.08. The van der Waals surface area contributed by atoms with Gasteiger partial charge >= 0.3 is 0 Å². The van der Waals surface area contributed by atoms with Gasteiger partial charge in [0.15, 0.2) is 6.29 Å². The Morgan fingerprint density at radius 3 is 1.43 bits per heavy atom. The Bertz CT molecular complexity index is 1400. The Labute approximate surface area is 260 Å². The second-order valence-corrected chi connectivity index (χ2v) is 10.6. The highest BCUT2D eigenvalue weighted by molar-refractivity contribution is 5.16. The predicted molar refractivity (Wildman–Crippen MR) is 169 cm³/mol. The first kappa shape index (κ1) is 31.6. The third-order valence-electron chi connectivity index (χ3n) is 7.34. The predicted octanol–water partition coefficient (Wildman–Crippen LogP) is 6.72. The van der Waals surface area contributed by atoms with Gasteiger partial charge in [0.05, 0.1) is 33.0 Å². The summed E-state index contributed by atoms with van der Waals surface area (Å²) >= 11 is 0. The highest BCUT2D eigenvalue weighted by Crippen LogP contribution is 2.31. The molecule has 6 heteroatoms. The van der Waals surface area contributed by atoms with Crippen LogP contribution in [0.1, 0.15) is 29.2 Å². The molecule has 6 nitrogen and oxygen atoms in total. The smallest absolute Gasteiger partial charge is 0.188 e. The van der Waals surface area contributed by atoms with E-state index in [0.29, 0.717) is 26.4 Å². The Morgan fingerprint density at radius 1 is 0.523 bits per heavy atom. The van der Waals surface area contributed by atoms with Crippen molar-refractivity contribution >= 4 is 0 Å². The van der Waals surface area contributed by atoms with Gasteiger partial charge in [-0.25, -0.2) is 0 Å². The molecule has 0 aromatic heterocycles. The van der Waals surface area contributed by atoms with Crippen molar-refractivity contribution < 1.29 is 28.4 Å². The number of ether oxygens (including phenoxy) is 6. The van der Waals surface area contributed by atoms with Gasteiger partial charge in [-0.05, 0) is 29.2 Å². The molecule has 0 N–H and O–H groups in total. The molecule has 4 aromatic carbocycles. The van der Waals surface area contributed by atoms with Gasteiger partial charge < -0.3 is 28.4 Å². The van der Waals surface area contributed by atoms with E-state index >= 15 is 0 Å². The fourth-order valence-corrected chi connectivity index (χ4v) is 5.08. The molecule has 0 amide bonds. The van der Waals surface area contributed by atoms with Crippen molar-refractivity contribution in [3.8, 4) is 11.8 Å². The Balaban J connectivity index is 1.42. The molecule has 1 aliphatic rings. The molecular weight excluding hydrogens is 552 g/mol. The van der Waals surface area contributed by atoms with Crippen LogP contribution in [-0.4, -0.2) is 43.9 Å². The molecular formula is C38H40O6. The minimum atomic E-state index is -0.748. The van der Waals surface area contributed by atoms with Crippen molar-refractivity contribution in [3.05, 3.63) is 144 Å². The minimum absolute atomic E-state index is 0.199. The van der Waals surface area contributed by atoms with E-state index in [0.717, 1.165) is 22.3 Å². The van der Waals surface area contributed by atoms with Crippen molar-refractivity contribution in [2.45, 2.75) is 64.1 Å². The van der Waals surface area contributed by atoms with Crippen LogP contribution in [-0.2, 0) is 54.8 Å². The van der Waals surface area contributed by atoms with Crippen molar-refractivity contribution in [2.75, 3.05) is 13.2 Å². The summed E-state index contributed by atoms with van der Waals surface area (Å²) in [7, 11) is 0. The number of hydrogen-bond acceptors (Lipinski definition) is 6. The SMILES string of the molecule is CC#CCO[C@H]1O[C@H](COCc2ccccc2)[C@@H](OCc2ccccc2)[C@H](OCc2ccccc2)[C@H]1OCc1ccccc1. The van der Waals surface area contributed by atoms with Crippen molar-refractivity contribution in [1.29, 1.82) is 0 Å². The molecule has 0 radical (unpaired) electrons. The van der Waals surface area contributed by atoms with E-state index in [2.05, 4.69) is 11.8 Å². The molecule has 0 unspecified atom stereocenters. The molecule has 44 heavy (non-hydrogen) atoms. The van der Waals surface area contributed by atoms with Gasteiger partial charge in [-0.1, -0.05) is 127 Å². The first-order chi connectivity index (χ1) is 21.8. The van der Waals surface area contributed by atoms with Crippen LogP contribution in [0.2, 0.25) is 0 Å². The summed E-state index contributed by atoms with van der Waals surface area (Å²) < 4.78 is 38.9. The van der Waals surface area contributed by atoms with E-state index in [1.165, 1.54) is 0 Å². The summed E-state index contributed by atoms with van der Waals surface area (Å²) in [6, 6.07) is 40.3. The van der Waals surface area contributed by atoms with Gasteiger partial charge in [0.1, 0.15) is 31.0 Å². The van der Waals surface area contributed by atoms with E-state index < -0.39 is 30.7 Å². The standard InChI is InChI=1S/C38H40O6/c1-2-3-24-40-38-37(43-28-33-22-14-7-15-23-33)36(42-27-32-20-12-6-13-21-32)35(41-26-31-18-10-5-11-19-31)34(44-38)29-39-25-30-16-8-4-9-17-30/h4-23,34-38H,24-29H2,1H3/t34-,35-,36+,37-,38+/m1/s1. The molecule has 1 saturated heterocycles. The van der Waals surface area contributed by atoms with Crippen LogP contribution < -0.4 is 0 Å². The van der Waals surface area contributed by atoms with Crippen LogP contribution in [0.25, 0.3) is 0 Å². The summed E-state index contributed by atoms with van der Waals surface area (Å²) in [6.45, 7) is 3.83. The fraction of sp³-hybridized carbons (Fsp3) is 0.316. The Kier molecular flexibility index (Phi) is 12.6. The van der Waals surface area contributed by atoms with Crippen molar-refractivity contribution in [2.24, 2.45) is 0 Å². The zero-order valence-corrected chi connectivity index (χ0v) is 25.1. The summed E-state index contributed by atoms with van der Waals surface area (Å²) in [5.74, 6) is 5.89. The lowest BCUT2D eigenvalue weighted by molar-refractivity contribution is -0.326. The highest BCUT2D eigenvalue weighted by atomic mass is 16.7. The third kappa shape index (κ3) is 9.60. The Morgan fingerprint density at radius 2 is 0.955 bits per heavy atom. The van der Waals surface area contributed by atoms with Crippen LogP contribution >= 0.6 is 0 Å². The van der Waals surface area contributed by atoms with E-state index in [4.69, 9.17) is 28.4 Å². The largest absolute Gasteiger partial charge is 0.374 e. The highest BCUT2D eigenvalue weighted by Gasteiger charge is 2.49. The molecule has 228 valence electrons. The van der Waals surface area contributed by atoms with Gasteiger partial charge in [0.2, 0.25) is 0 Å². The first-order valence-corrected chi connectivity index (χ1v) is 15.0. The van der Waals surface area contributed by atoms with E-state index in [-0.39, 0.29) is 13.2 Å². The van der Waals surface area contributed by atoms with Gasteiger partial charge in [-0.3, -0.25) is 0 Å². The van der Waals surface area contributed by atoms with E-state index in [9.17, 15) is 0 Å². The minimum Gasteiger partial charge on any atom is -0.374 e. The monoisotopic (exact) mass is 592 g/mol. The molecule has 0 saturated carbocycles. The number of rotatable bonds is 15. The second kappa shape index (κ2) is 17.5. The van der Waals surface area contributed by atoms with Crippen molar-refractivity contribution in [1.82, 2.24) is 0 Å². The zero-order chi connectivity index (χ0) is 30.2. The molecule has 4 aromatic rings. The van der Waals surface area contributed by atoms with Crippen LogP contribution in [0.4, 0.5) is 0 Å². The number of hydrogen-bond donors (Lipinski definition) is 0. The maximum atomic E-state index is 6.70. The van der Waals surface area contributed by atoms with Crippen LogP contribution in [0.5, 0.6) is 0 Å². The second-order valence-electron chi connectivity index (χ2n) is 10.6. The molecule has 0 bridgehead atoms. The average Bonchev–Trinajstić information content (AvgIpc) is 3.08. The van der Waals surface area contributed by atoms with Crippen LogP contribution in [0.3, 0.4) is 0 Å². The lowest BCUT2D eigenvalue weighted by Crippen LogP contribution is -2.61. The van der Waals surface area contributed by atoms with Gasteiger partial charge in [0.25, 0.3) is 0 Å². The van der Waals surface area contributed by atoms with Gasteiger partial charge in [-0.2, -0.15) is 0 Å². The van der Waals surface area contributed by atoms with Gasteiger partial charge in [-0.15, -0.1) is 5.92 Å². The molecule has 0 aliphatic carbocycles. The van der Waals surface area contributed by atoms with Crippen LogP contribution in [0.15, 0.2) is 121 Å². The lowest BCUT2D eigenvalue weighted by atomic mass is 9.97. The van der Waals surface area contributed by atoms with E-state index in [1.54, 1.807) is 6.92 Å². The quantitative estimate of drug-likeness (QED) is 0.143. The summed E-state index contributed by atoms with van der Waals surface area (Å²) in [5.41, 5.74) is 4.22. The topological polar surface area (TPSA) is 55.4 Å². The first-order valence-electron chi connectivity index (χ1n) is 15.0. The van der Waals surface area contributed by atoms with E-state index in [1.807, 2.05) is 121 Å². The Hall–Kier alpha value is -3.80. The zero-order valence-electron chi connectivity index (χ0n) is 25.1. The van der Waals surface area contributed by atoms with Crippen molar-refractivity contribution in [3.63, 3.8) is 0 Å². The van der Waals surface area contributed by atoms with Gasteiger partial charge in [0, 0.05) is 0 Å². The average molecular weight is 593 g/mol. The molecule has 5 rings (SSSR count). The summed E-state index contributed by atoms with van der Waals surface area (Å²) in [6.07, 6.45) is -2.86. The lowest BCUT2D eigenvalue weighted by Gasteiger charge is -2.45. The maximum Gasteiger partial charge on any atom is 0.188 e. The normalized spacial score (nSPS) is 21.3. The molecule has 0 spiro atoms. The molecule has 1 heterocycles. The molecule has 1 fully saturated rings. The summed E-state index contributed by atoms with van der Waals surface area (Å²) in [5, 5.41) is 0. The molecule has 5 atom stereocenters. The number of benzene rings is 4. The maximum absolute atomic E-state index is 6.70. The summed E-state index contributed by atoms with van der Waals surface area (Å²) in [4.78, 5) is 0.